The summed E-state index contributed by atoms with van der Waals surface area (Å²) in [6, 6.07) is 10.1. The van der Waals surface area contributed by atoms with Gasteiger partial charge in [-0.25, -0.2) is 0 Å². The molecule has 3 atom stereocenters. The monoisotopic (exact) mass is 424 g/mol. The molecule has 158 valence electrons. The van der Waals surface area contributed by atoms with Crippen molar-refractivity contribution in [3.63, 3.8) is 0 Å². The number of hydrogen-bond donors (Lipinski definition) is 1. The Kier molecular flexibility index (Phi) is 7.81. The van der Waals surface area contributed by atoms with Crippen LogP contribution in [0.2, 0.25) is 18.1 Å². The molecular formula is C22H36O4SSi. The van der Waals surface area contributed by atoms with Crippen LogP contribution in [0.25, 0.3) is 0 Å². The van der Waals surface area contributed by atoms with Crippen LogP contribution in [0.3, 0.4) is 0 Å². The van der Waals surface area contributed by atoms with Crippen LogP contribution in [-0.4, -0.2) is 43.0 Å². The summed E-state index contributed by atoms with van der Waals surface area (Å²) in [6.45, 7) is 12.9. The van der Waals surface area contributed by atoms with Crippen LogP contribution >= 0.6 is 11.8 Å². The zero-order valence-corrected chi connectivity index (χ0v) is 20.0. The number of ether oxygens (including phenoxy) is 1. The fraction of sp³-hybridized carbons (Fsp3) is 0.682. The molecule has 0 bridgehead atoms. The second-order valence-corrected chi connectivity index (χ2v) is 15.6. The SMILES string of the molecule is CC(=O)OC[C@@H](C[C@@]1(O)CCC[C@@H]1O[Si](C)(C)C(C)(C)C)Sc1ccccc1. The number of hydrogen-bond acceptors (Lipinski definition) is 5. The Morgan fingerprint density at radius 2 is 1.96 bits per heavy atom. The molecule has 6 heteroatoms. The molecule has 1 aromatic rings. The number of carbonyl (C=O) groups excluding carboxylic acids is 1. The number of benzene rings is 1. The molecule has 0 saturated heterocycles. The highest BCUT2D eigenvalue weighted by atomic mass is 32.2. The van der Waals surface area contributed by atoms with E-state index >= 15 is 0 Å². The molecule has 2 rings (SSSR count). The van der Waals surface area contributed by atoms with Gasteiger partial charge in [0, 0.05) is 17.1 Å². The van der Waals surface area contributed by atoms with Crippen molar-refractivity contribution in [1.29, 1.82) is 0 Å². The summed E-state index contributed by atoms with van der Waals surface area (Å²) in [4.78, 5) is 12.5. The molecule has 1 aromatic carbocycles. The minimum absolute atomic E-state index is 0.0140. The van der Waals surface area contributed by atoms with Crippen LogP contribution in [0, 0.1) is 0 Å². The van der Waals surface area contributed by atoms with E-state index < -0.39 is 13.9 Å². The van der Waals surface area contributed by atoms with Crippen LogP contribution in [0.1, 0.15) is 53.4 Å². The summed E-state index contributed by atoms with van der Waals surface area (Å²) in [7, 11) is -1.97. The lowest BCUT2D eigenvalue weighted by molar-refractivity contribution is -0.141. The molecule has 1 aliphatic carbocycles. The van der Waals surface area contributed by atoms with Crippen molar-refractivity contribution in [1.82, 2.24) is 0 Å². The van der Waals surface area contributed by atoms with Crippen molar-refractivity contribution in [3.05, 3.63) is 30.3 Å². The van der Waals surface area contributed by atoms with E-state index in [1.165, 1.54) is 6.92 Å². The quantitative estimate of drug-likeness (QED) is 0.344. The third kappa shape index (κ3) is 6.34. The van der Waals surface area contributed by atoms with E-state index in [0.717, 1.165) is 24.2 Å². The normalized spacial score (nSPS) is 24.2. The van der Waals surface area contributed by atoms with Crippen molar-refractivity contribution in [2.45, 2.75) is 93.4 Å². The zero-order chi connectivity index (χ0) is 21.0. The first-order chi connectivity index (χ1) is 12.9. The summed E-state index contributed by atoms with van der Waals surface area (Å²) in [5.74, 6) is -0.286. The van der Waals surface area contributed by atoms with E-state index in [0.29, 0.717) is 13.0 Å². The van der Waals surface area contributed by atoms with Gasteiger partial charge < -0.3 is 14.3 Å². The van der Waals surface area contributed by atoms with E-state index in [-0.39, 0.29) is 22.4 Å². The fourth-order valence-electron chi connectivity index (χ4n) is 3.39. The van der Waals surface area contributed by atoms with Crippen LogP contribution in [0.4, 0.5) is 0 Å². The van der Waals surface area contributed by atoms with Gasteiger partial charge in [-0.3, -0.25) is 4.79 Å². The first kappa shape index (κ1) is 23.5. The maximum absolute atomic E-state index is 11.5. The smallest absolute Gasteiger partial charge is 0.302 e. The summed E-state index contributed by atoms with van der Waals surface area (Å²) in [5.41, 5.74) is -0.873. The highest BCUT2D eigenvalue weighted by Gasteiger charge is 2.48. The van der Waals surface area contributed by atoms with Crippen molar-refractivity contribution < 1.29 is 19.1 Å². The summed E-state index contributed by atoms with van der Waals surface area (Å²) in [6.07, 6.45) is 2.99. The van der Waals surface area contributed by atoms with Gasteiger partial charge in [0.05, 0.1) is 11.7 Å². The first-order valence-corrected chi connectivity index (χ1v) is 14.0. The Morgan fingerprint density at radius 3 is 2.54 bits per heavy atom. The molecule has 1 aliphatic rings. The average molecular weight is 425 g/mol. The Balaban J connectivity index is 2.14. The largest absolute Gasteiger partial charge is 0.465 e. The Morgan fingerprint density at radius 1 is 1.32 bits per heavy atom. The zero-order valence-electron chi connectivity index (χ0n) is 18.2. The first-order valence-electron chi connectivity index (χ1n) is 10.2. The van der Waals surface area contributed by atoms with E-state index in [4.69, 9.17) is 9.16 Å². The predicted molar refractivity (Wildman–Crippen MR) is 118 cm³/mol. The Hall–Kier alpha value is -0.823. The Labute approximate surface area is 175 Å². The molecule has 1 N–H and O–H groups in total. The standard InChI is InChI=1S/C22H36O4SSi/c1-17(23)25-16-19(27-18-11-8-7-9-12-18)15-22(24)14-10-13-20(22)26-28(5,6)21(2,3)4/h7-9,11-12,19-20,24H,10,13-16H2,1-6H3/t19-,20+,22+/m1/s1. The van der Waals surface area contributed by atoms with Gasteiger partial charge in [-0.15, -0.1) is 11.8 Å². The summed E-state index contributed by atoms with van der Waals surface area (Å²) < 4.78 is 11.9. The molecule has 1 fully saturated rings. The topological polar surface area (TPSA) is 55.8 Å². The number of aliphatic hydroxyl groups is 1. The minimum atomic E-state index is -1.97. The number of thioether (sulfide) groups is 1. The van der Waals surface area contributed by atoms with Gasteiger partial charge in [0.2, 0.25) is 0 Å². The highest BCUT2D eigenvalue weighted by molar-refractivity contribution is 8.00. The molecule has 28 heavy (non-hydrogen) atoms. The van der Waals surface area contributed by atoms with Crippen LogP contribution in [0.5, 0.6) is 0 Å². The second-order valence-electron chi connectivity index (χ2n) is 9.42. The van der Waals surface area contributed by atoms with Crippen molar-refractivity contribution in [2.24, 2.45) is 0 Å². The fourth-order valence-corrected chi connectivity index (χ4v) is 6.00. The Bertz CT molecular complexity index is 644. The molecule has 0 spiro atoms. The van der Waals surface area contributed by atoms with Crippen molar-refractivity contribution in [3.8, 4) is 0 Å². The van der Waals surface area contributed by atoms with Gasteiger partial charge in [-0.2, -0.15) is 0 Å². The van der Waals surface area contributed by atoms with Crippen LogP contribution in [0.15, 0.2) is 35.2 Å². The molecule has 1 saturated carbocycles. The molecule has 0 unspecified atom stereocenters. The van der Waals surface area contributed by atoms with E-state index in [1.807, 2.05) is 30.3 Å². The maximum atomic E-state index is 11.5. The number of esters is 1. The lowest BCUT2D eigenvalue weighted by atomic mass is 9.94. The maximum Gasteiger partial charge on any atom is 0.302 e. The minimum Gasteiger partial charge on any atom is -0.465 e. The number of rotatable bonds is 8. The molecule has 0 aliphatic heterocycles. The summed E-state index contributed by atoms with van der Waals surface area (Å²) >= 11 is 1.66. The molecular weight excluding hydrogens is 388 g/mol. The molecule has 0 aromatic heterocycles. The lowest BCUT2D eigenvalue weighted by Crippen LogP contribution is -2.51. The van der Waals surface area contributed by atoms with Crippen LogP contribution < -0.4 is 0 Å². The average Bonchev–Trinajstić information content (AvgIpc) is 2.92. The molecule has 4 nitrogen and oxygen atoms in total. The van der Waals surface area contributed by atoms with Crippen LogP contribution in [-0.2, 0) is 14.0 Å². The predicted octanol–water partition coefficient (Wildman–Crippen LogP) is 5.41. The van der Waals surface area contributed by atoms with Gasteiger partial charge in [0.1, 0.15) is 6.61 Å². The van der Waals surface area contributed by atoms with Crippen molar-refractivity contribution in [2.75, 3.05) is 6.61 Å². The highest BCUT2D eigenvalue weighted by Crippen LogP contribution is 2.44. The van der Waals surface area contributed by atoms with Gasteiger partial charge in [0.15, 0.2) is 8.32 Å². The van der Waals surface area contributed by atoms with E-state index in [1.54, 1.807) is 11.8 Å². The lowest BCUT2D eigenvalue weighted by Gasteiger charge is -2.43. The van der Waals surface area contributed by atoms with E-state index in [2.05, 4.69) is 33.9 Å². The molecule has 0 amide bonds. The van der Waals surface area contributed by atoms with Gasteiger partial charge >= 0.3 is 5.97 Å². The van der Waals surface area contributed by atoms with Crippen molar-refractivity contribution >= 4 is 26.0 Å². The third-order valence-corrected chi connectivity index (χ3v) is 11.7. The third-order valence-electron chi connectivity index (χ3n) is 6.02. The van der Waals surface area contributed by atoms with Gasteiger partial charge in [-0.05, 0) is 55.9 Å². The summed E-state index contributed by atoms with van der Waals surface area (Å²) in [5, 5.41) is 11.6. The second kappa shape index (κ2) is 9.33. The molecule has 0 heterocycles. The van der Waals surface area contributed by atoms with E-state index in [9.17, 15) is 9.90 Å². The van der Waals surface area contributed by atoms with Gasteiger partial charge in [-0.1, -0.05) is 39.0 Å². The number of carbonyl (C=O) groups is 1. The molecule has 0 radical (unpaired) electrons. The van der Waals surface area contributed by atoms with Gasteiger partial charge in [0.25, 0.3) is 0 Å².